The maximum atomic E-state index is 10.2. The summed E-state index contributed by atoms with van der Waals surface area (Å²) in [5, 5.41) is 95.7. The van der Waals surface area contributed by atoms with Gasteiger partial charge in [-0.05, 0) is 11.1 Å². The van der Waals surface area contributed by atoms with Crippen LogP contribution in [0.15, 0.2) is 36.7 Å². The Labute approximate surface area is 260 Å². The number of nitrogens with zero attached hydrogens (tertiary/aromatic N) is 6. The Bertz CT molecular complexity index is 1250. The third kappa shape index (κ3) is 7.77. The van der Waals surface area contributed by atoms with E-state index in [-0.39, 0.29) is 0 Å². The third-order valence-electron chi connectivity index (χ3n) is 7.34. The first-order chi connectivity index (χ1) is 21.2. The van der Waals surface area contributed by atoms with Gasteiger partial charge in [-0.15, -0.1) is 33.7 Å². The average Bonchev–Trinajstić information content (AvgIpc) is 3.67. The number of rotatable bonds is 12. The molecule has 5 rings (SSSR count). The van der Waals surface area contributed by atoms with Gasteiger partial charge in [0.1, 0.15) is 59.7 Å². The van der Waals surface area contributed by atoms with Crippen molar-refractivity contribution in [2.45, 2.75) is 84.3 Å². The van der Waals surface area contributed by atoms with Crippen molar-refractivity contribution in [2.24, 2.45) is 0 Å². The molecule has 10 atom stereocenters. The lowest BCUT2D eigenvalue weighted by Crippen LogP contribution is -2.57. The van der Waals surface area contributed by atoms with Gasteiger partial charge in [-0.25, -0.2) is 9.36 Å². The standard InChI is InChI=1S/C26H36N6O10S2/c33-9-17-19(35)21(37)23(39)25(41-17)43-11-15-7-31(29-27-15)5-13-2-1-3-14(4-13)6-32-8-16(28-30-32)12-44-26-24(40)22(38)20(36)18(10-34)42-26/h1-4,7-8,17-26,33-40H,5-6,9-12H2/t17-,18-,19-,20-,21+,22+,23+,24+,25-,26-/m1/s1. The van der Waals surface area contributed by atoms with Crippen LogP contribution in [-0.2, 0) is 34.1 Å². The second kappa shape index (κ2) is 14.9. The number of thioether (sulfide) groups is 2. The molecule has 2 aliphatic heterocycles. The molecule has 1 aromatic carbocycles. The second-order valence-corrected chi connectivity index (χ2v) is 12.8. The van der Waals surface area contributed by atoms with Gasteiger partial charge < -0.3 is 50.3 Å². The highest BCUT2D eigenvalue weighted by Gasteiger charge is 2.44. The highest BCUT2D eigenvalue weighted by molar-refractivity contribution is 7.99. The minimum atomic E-state index is -1.43. The zero-order valence-corrected chi connectivity index (χ0v) is 25.0. The summed E-state index contributed by atoms with van der Waals surface area (Å²) in [5.41, 5.74) is 1.49. The summed E-state index contributed by atoms with van der Waals surface area (Å²) < 4.78 is 14.4. The summed E-state index contributed by atoms with van der Waals surface area (Å²) in [6, 6.07) is 7.84. The van der Waals surface area contributed by atoms with Crippen LogP contribution in [0.1, 0.15) is 22.5 Å². The van der Waals surface area contributed by atoms with Gasteiger partial charge in [0.05, 0.1) is 37.7 Å². The summed E-state index contributed by atoms with van der Waals surface area (Å²) >= 11 is 2.37. The molecule has 0 spiro atoms. The fraction of sp³-hybridized carbons (Fsp3) is 0.615. The van der Waals surface area contributed by atoms with Crippen molar-refractivity contribution in [1.29, 1.82) is 0 Å². The van der Waals surface area contributed by atoms with Gasteiger partial charge in [0, 0.05) is 23.9 Å². The molecule has 0 radical (unpaired) electrons. The van der Waals surface area contributed by atoms with Gasteiger partial charge >= 0.3 is 0 Å². The fourth-order valence-electron chi connectivity index (χ4n) is 4.91. The van der Waals surface area contributed by atoms with Crippen molar-refractivity contribution in [2.75, 3.05) is 13.2 Å². The van der Waals surface area contributed by atoms with Crippen LogP contribution in [0.5, 0.6) is 0 Å². The van der Waals surface area contributed by atoms with Crippen molar-refractivity contribution in [3.63, 3.8) is 0 Å². The molecule has 2 aliphatic rings. The van der Waals surface area contributed by atoms with Gasteiger partial charge in [-0.3, -0.25) is 0 Å². The summed E-state index contributed by atoms with van der Waals surface area (Å²) in [4.78, 5) is 0. The average molecular weight is 657 g/mol. The molecular weight excluding hydrogens is 620 g/mol. The molecule has 3 aromatic rings. The Morgan fingerprint density at radius 2 is 1.07 bits per heavy atom. The molecule has 0 aliphatic carbocycles. The van der Waals surface area contributed by atoms with Crippen LogP contribution < -0.4 is 0 Å². The molecule has 2 aromatic heterocycles. The van der Waals surface area contributed by atoms with E-state index in [1.54, 1.807) is 21.8 Å². The Kier molecular flexibility index (Phi) is 11.3. The van der Waals surface area contributed by atoms with Gasteiger partial charge in [0.15, 0.2) is 0 Å². The normalized spacial score (nSPS) is 32.6. The van der Waals surface area contributed by atoms with E-state index in [4.69, 9.17) is 9.47 Å². The van der Waals surface area contributed by atoms with Crippen molar-refractivity contribution in [1.82, 2.24) is 30.0 Å². The van der Waals surface area contributed by atoms with Crippen LogP contribution in [0.3, 0.4) is 0 Å². The molecule has 16 nitrogen and oxygen atoms in total. The van der Waals surface area contributed by atoms with Gasteiger partial charge in [0.2, 0.25) is 0 Å². The van der Waals surface area contributed by atoms with E-state index >= 15 is 0 Å². The van der Waals surface area contributed by atoms with Crippen molar-refractivity contribution in [3.05, 3.63) is 59.2 Å². The Morgan fingerprint density at radius 3 is 1.48 bits per heavy atom. The molecule has 4 heterocycles. The van der Waals surface area contributed by atoms with Crippen LogP contribution in [-0.4, -0.2) is 144 Å². The molecule has 18 heteroatoms. The number of benzene rings is 1. The lowest BCUT2D eigenvalue weighted by Gasteiger charge is -2.39. The smallest absolute Gasteiger partial charge is 0.132 e. The minimum absolute atomic E-state index is 0.325. The number of aliphatic hydroxyl groups is 8. The zero-order chi connectivity index (χ0) is 31.4. The Balaban J connectivity index is 1.11. The molecule has 242 valence electrons. The maximum Gasteiger partial charge on any atom is 0.132 e. The molecule has 2 saturated heterocycles. The first-order valence-electron chi connectivity index (χ1n) is 13.9. The number of hydrogen-bond acceptors (Lipinski definition) is 16. The van der Waals surface area contributed by atoms with E-state index in [0.717, 1.165) is 11.1 Å². The molecule has 8 N–H and O–H groups in total. The predicted octanol–water partition coefficient (Wildman–Crippen LogP) is -2.97. The molecule has 0 saturated carbocycles. The molecular formula is C26H36N6O10S2. The summed E-state index contributed by atoms with van der Waals surface area (Å²) in [5.74, 6) is 0.651. The SMILES string of the molecule is OC[C@H]1O[C@H](SCc2cn(Cc3cccc(Cn4cc(CS[C@H]5O[C@H](CO)[C@@H](O)[C@H](O)[C@@H]5O)nn4)c3)nn2)[C@@H](O)[C@@H](O)[C@@H]1O. The van der Waals surface area contributed by atoms with Crippen molar-refractivity contribution >= 4 is 23.5 Å². The number of aliphatic hydroxyl groups excluding tert-OH is 8. The fourth-order valence-corrected chi connectivity index (χ4v) is 7.00. The number of ether oxygens (including phenoxy) is 2. The highest BCUT2D eigenvalue weighted by Crippen LogP contribution is 2.31. The first-order valence-corrected chi connectivity index (χ1v) is 16.0. The summed E-state index contributed by atoms with van der Waals surface area (Å²) in [7, 11) is 0. The van der Waals surface area contributed by atoms with Crippen LogP contribution >= 0.6 is 23.5 Å². The van der Waals surface area contributed by atoms with E-state index in [2.05, 4.69) is 20.6 Å². The van der Waals surface area contributed by atoms with Crippen LogP contribution in [0.25, 0.3) is 0 Å². The van der Waals surface area contributed by atoms with E-state index in [9.17, 15) is 40.9 Å². The predicted molar refractivity (Wildman–Crippen MR) is 155 cm³/mol. The Hall–Kier alpha value is -2.20. The zero-order valence-electron chi connectivity index (χ0n) is 23.4. The Morgan fingerprint density at radius 1 is 0.636 bits per heavy atom. The molecule has 0 unspecified atom stereocenters. The van der Waals surface area contributed by atoms with Gasteiger partial charge in [-0.2, -0.15) is 0 Å². The van der Waals surface area contributed by atoms with E-state index in [1.165, 1.54) is 23.5 Å². The molecule has 0 amide bonds. The van der Waals surface area contributed by atoms with Gasteiger partial charge in [-0.1, -0.05) is 34.7 Å². The molecule has 44 heavy (non-hydrogen) atoms. The van der Waals surface area contributed by atoms with E-state index < -0.39 is 72.9 Å². The highest BCUT2D eigenvalue weighted by atomic mass is 32.2. The lowest BCUT2D eigenvalue weighted by molar-refractivity contribution is -0.205. The summed E-state index contributed by atoms with van der Waals surface area (Å²) in [6.07, 6.45) is -6.71. The second-order valence-electron chi connectivity index (χ2n) is 10.7. The molecule has 2 fully saturated rings. The van der Waals surface area contributed by atoms with E-state index in [1.807, 2.05) is 24.3 Å². The lowest BCUT2D eigenvalue weighted by atomic mass is 10.0. The number of aromatic nitrogens is 6. The summed E-state index contributed by atoms with van der Waals surface area (Å²) in [6.45, 7) is -0.0757. The minimum Gasteiger partial charge on any atom is -0.394 e. The third-order valence-corrected chi connectivity index (χ3v) is 9.70. The van der Waals surface area contributed by atoms with Crippen LogP contribution in [0.4, 0.5) is 0 Å². The topological polar surface area (TPSA) is 242 Å². The largest absolute Gasteiger partial charge is 0.394 e. The van der Waals surface area contributed by atoms with Crippen LogP contribution in [0, 0.1) is 0 Å². The van der Waals surface area contributed by atoms with Crippen molar-refractivity contribution < 1.29 is 50.3 Å². The quantitative estimate of drug-likeness (QED) is 0.0971. The molecule has 0 bridgehead atoms. The maximum absolute atomic E-state index is 10.2. The van der Waals surface area contributed by atoms with Crippen LogP contribution in [0.2, 0.25) is 0 Å². The van der Waals surface area contributed by atoms with Gasteiger partial charge in [0.25, 0.3) is 0 Å². The first kappa shape index (κ1) is 33.2. The monoisotopic (exact) mass is 656 g/mol. The van der Waals surface area contributed by atoms with Crippen molar-refractivity contribution in [3.8, 4) is 0 Å². The van der Waals surface area contributed by atoms with E-state index in [0.29, 0.717) is 36.0 Å². The number of hydrogen-bond donors (Lipinski definition) is 8.